The van der Waals surface area contributed by atoms with Gasteiger partial charge in [0.1, 0.15) is 19.0 Å². The molecular formula is C28H27NO4S2. The summed E-state index contributed by atoms with van der Waals surface area (Å²) in [5.74, 6) is 1.98. The molecule has 1 saturated heterocycles. The van der Waals surface area contributed by atoms with E-state index < -0.39 is 0 Å². The number of hydrogen-bond donors (Lipinski definition) is 0. The zero-order valence-corrected chi connectivity index (χ0v) is 21.6. The highest BCUT2D eigenvalue weighted by Crippen LogP contribution is 2.37. The van der Waals surface area contributed by atoms with Crippen molar-refractivity contribution in [2.24, 2.45) is 0 Å². The predicted octanol–water partition coefficient (Wildman–Crippen LogP) is 6.57. The summed E-state index contributed by atoms with van der Waals surface area (Å²) in [6.07, 6.45) is 1.83. The molecule has 0 aromatic heterocycles. The van der Waals surface area contributed by atoms with Crippen molar-refractivity contribution in [3.63, 3.8) is 0 Å². The van der Waals surface area contributed by atoms with Gasteiger partial charge in [-0.05, 0) is 73.9 Å². The lowest BCUT2D eigenvalue weighted by molar-refractivity contribution is -0.113. The molecule has 0 unspecified atom stereocenters. The summed E-state index contributed by atoms with van der Waals surface area (Å²) in [4.78, 5) is 15.1. The third kappa shape index (κ3) is 6.05. The molecule has 0 bridgehead atoms. The fourth-order valence-electron chi connectivity index (χ4n) is 3.59. The highest BCUT2D eigenvalue weighted by atomic mass is 32.2. The van der Waals surface area contributed by atoms with Crippen molar-refractivity contribution < 1.29 is 19.0 Å². The summed E-state index contributed by atoms with van der Waals surface area (Å²) in [6, 6.07) is 21.2. The second-order valence-corrected chi connectivity index (χ2v) is 9.63. The summed E-state index contributed by atoms with van der Waals surface area (Å²) < 4.78 is 18.2. The van der Waals surface area contributed by atoms with Gasteiger partial charge in [-0.25, -0.2) is 0 Å². The number of aryl methyl sites for hydroxylation is 2. The van der Waals surface area contributed by atoms with Crippen LogP contribution in [0.1, 0.15) is 23.6 Å². The number of carbonyl (C=O) groups excluding carboxylic acids is 1. The molecule has 1 amide bonds. The molecule has 3 aromatic carbocycles. The minimum atomic E-state index is -0.131. The van der Waals surface area contributed by atoms with E-state index in [1.807, 2.05) is 87.5 Å². The van der Waals surface area contributed by atoms with Crippen LogP contribution in [0.4, 0.5) is 5.69 Å². The molecule has 1 heterocycles. The number of thioether (sulfide) groups is 1. The Balaban J connectivity index is 1.44. The van der Waals surface area contributed by atoms with Crippen molar-refractivity contribution in [3.05, 3.63) is 88.3 Å². The van der Waals surface area contributed by atoms with Crippen LogP contribution < -0.4 is 19.1 Å². The molecule has 4 rings (SSSR count). The fourth-order valence-corrected chi connectivity index (χ4v) is 4.89. The van der Waals surface area contributed by atoms with Crippen molar-refractivity contribution >= 4 is 46.0 Å². The maximum atomic E-state index is 13.0. The Morgan fingerprint density at radius 1 is 0.886 bits per heavy atom. The van der Waals surface area contributed by atoms with Crippen molar-refractivity contribution in [2.45, 2.75) is 20.8 Å². The van der Waals surface area contributed by atoms with E-state index in [1.54, 1.807) is 4.90 Å². The summed E-state index contributed by atoms with van der Waals surface area (Å²) in [6.45, 7) is 7.27. The molecule has 1 aliphatic heterocycles. The first-order valence-corrected chi connectivity index (χ1v) is 12.6. The van der Waals surface area contributed by atoms with Crippen LogP contribution in [-0.4, -0.2) is 30.0 Å². The number of benzene rings is 3. The Bertz CT molecular complexity index is 1260. The maximum absolute atomic E-state index is 13.0. The van der Waals surface area contributed by atoms with Crippen LogP contribution in [0.15, 0.2) is 71.6 Å². The van der Waals surface area contributed by atoms with E-state index in [2.05, 4.69) is 6.07 Å². The summed E-state index contributed by atoms with van der Waals surface area (Å²) in [5.41, 5.74) is 3.84. The van der Waals surface area contributed by atoms with Crippen molar-refractivity contribution in [1.82, 2.24) is 0 Å². The van der Waals surface area contributed by atoms with Crippen LogP contribution >= 0.6 is 24.0 Å². The minimum absolute atomic E-state index is 0.131. The van der Waals surface area contributed by atoms with Gasteiger partial charge in [0.2, 0.25) is 0 Å². The lowest BCUT2D eigenvalue weighted by Gasteiger charge is -2.14. The van der Waals surface area contributed by atoms with Gasteiger partial charge < -0.3 is 14.2 Å². The van der Waals surface area contributed by atoms with E-state index in [0.717, 1.165) is 28.1 Å². The molecule has 1 aliphatic rings. The number of anilines is 1. The third-order valence-electron chi connectivity index (χ3n) is 5.32. The van der Waals surface area contributed by atoms with Gasteiger partial charge in [0.25, 0.3) is 5.91 Å². The summed E-state index contributed by atoms with van der Waals surface area (Å²) in [7, 11) is 0. The largest absolute Gasteiger partial charge is 0.490 e. The topological polar surface area (TPSA) is 48.0 Å². The molecule has 0 N–H and O–H groups in total. The minimum Gasteiger partial charge on any atom is -0.490 e. The summed E-state index contributed by atoms with van der Waals surface area (Å²) in [5, 5.41) is 0. The van der Waals surface area contributed by atoms with Crippen molar-refractivity contribution in [1.29, 1.82) is 0 Å². The van der Waals surface area contributed by atoms with Gasteiger partial charge in [0.05, 0.1) is 17.2 Å². The molecule has 0 saturated carbocycles. The number of amides is 1. The van der Waals surface area contributed by atoms with Crippen LogP contribution in [0, 0.1) is 13.8 Å². The first-order valence-electron chi connectivity index (χ1n) is 11.4. The standard InChI is InChI=1S/C28H27NO4S2/c1-4-31-25-17-21(18-26-27(30)29(28(34)35-26)22-8-6-5-7-9-22)12-13-23(25)32-14-15-33-24-16-19(2)10-11-20(24)3/h5-13,16-18H,4,14-15H2,1-3H3. The van der Waals surface area contributed by atoms with Gasteiger partial charge in [-0.3, -0.25) is 9.69 Å². The quantitative estimate of drug-likeness (QED) is 0.186. The normalized spacial score (nSPS) is 14.5. The van der Waals surface area contributed by atoms with E-state index in [9.17, 15) is 4.79 Å². The van der Waals surface area contributed by atoms with E-state index >= 15 is 0 Å². The van der Waals surface area contributed by atoms with E-state index in [-0.39, 0.29) is 5.91 Å². The number of thiocarbonyl (C=S) groups is 1. The zero-order valence-electron chi connectivity index (χ0n) is 19.9. The average Bonchev–Trinajstić information content (AvgIpc) is 3.13. The number of rotatable bonds is 9. The molecular weight excluding hydrogens is 478 g/mol. The third-order valence-corrected chi connectivity index (χ3v) is 6.62. The van der Waals surface area contributed by atoms with Crippen LogP contribution in [0.3, 0.4) is 0 Å². The molecule has 1 fully saturated rings. The Labute approximate surface area is 215 Å². The number of hydrogen-bond acceptors (Lipinski definition) is 6. The fraction of sp³-hybridized carbons (Fsp3) is 0.214. The van der Waals surface area contributed by atoms with Gasteiger partial charge in [-0.2, -0.15) is 0 Å². The molecule has 0 atom stereocenters. The zero-order chi connectivity index (χ0) is 24.8. The smallest absolute Gasteiger partial charge is 0.270 e. The van der Waals surface area contributed by atoms with Crippen molar-refractivity contribution in [3.8, 4) is 17.2 Å². The van der Waals surface area contributed by atoms with Crippen molar-refractivity contribution in [2.75, 3.05) is 24.7 Å². The van der Waals surface area contributed by atoms with E-state index in [1.165, 1.54) is 11.8 Å². The molecule has 35 heavy (non-hydrogen) atoms. The monoisotopic (exact) mass is 505 g/mol. The second-order valence-electron chi connectivity index (χ2n) is 7.96. The van der Waals surface area contributed by atoms with Crippen LogP contribution in [0.2, 0.25) is 0 Å². The maximum Gasteiger partial charge on any atom is 0.270 e. The molecule has 0 aliphatic carbocycles. The number of nitrogens with zero attached hydrogens (tertiary/aromatic N) is 1. The average molecular weight is 506 g/mol. The Morgan fingerprint density at radius 3 is 2.37 bits per heavy atom. The molecule has 5 nitrogen and oxygen atoms in total. The Hall–Kier alpha value is -3.29. The molecule has 7 heteroatoms. The Morgan fingerprint density at radius 2 is 1.63 bits per heavy atom. The Kier molecular flexibility index (Phi) is 8.10. The highest BCUT2D eigenvalue weighted by Gasteiger charge is 2.33. The van der Waals surface area contributed by atoms with E-state index in [0.29, 0.717) is 40.5 Å². The van der Waals surface area contributed by atoms with Gasteiger partial charge >= 0.3 is 0 Å². The van der Waals surface area contributed by atoms with E-state index in [4.69, 9.17) is 26.4 Å². The lowest BCUT2D eigenvalue weighted by Crippen LogP contribution is -2.27. The second kappa shape index (κ2) is 11.4. The first kappa shape index (κ1) is 24.8. The van der Waals surface area contributed by atoms with Gasteiger partial charge in [-0.1, -0.05) is 60.4 Å². The number of para-hydroxylation sites is 1. The number of carbonyl (C=O) groups is 1. The van der Waals surface area contributed by atoms with Crippen LogP contribution in [0.25, 0.3) is 6.08 Å². The predicted molar refractivity (Wildman–Crippen MR) is 147 cm³/mol. The summed E-state index contributed by atoms with van der Waals surface area (Å²) >= 11 is 6.75. The van der Waals surface area contributed by atoms with Crippen LogP contribution in [0.5, 0.6) is 17.2 Å². The van der Waals surface area contributed by atoms with Gasteiger partial charge in [-0.15, -0.1) is 0 Å². The van der Waals surface area contributed by atoms with Gasteiger partial charge in [0, 0.05) is 0 Å². The molecule has 0 spiro atoms. The molecule has 180 valence electrons. The van der Waals surface area contributed by atoms with Crippen LogP contribution in [-0.2, 0) is 4.79 Å². The van der Waals surface area contributed by atoms with Gasteiger partial charge in [0.15, 0.2) is 15.8 Å². The number of ether oxygens (including phenoxy) is 3. The first-order chi connectivity index (χ1) is 17.0. The molecule has 0 radical (unpaired) electrons. The highest BCUT2D eigenvalue weighted by molar-refractivity contribution is 8.27. The molecule has 3 aromatic rings. The SMILES string of the molecule is CCOc1cc(C=C2SC(=S)N(c3ccccc3)C2=O)ccc1OCCOc1cc(C)ccc1C. The lowest BCUT2D eigenvalue weighted by atomic mass is 10.1.